The van der Waals surface area contributed by atoms with E-state index in [2.05, 4.69) is 15.5 Å². The number of amides is 2. The van der Waals surface area contributed by atoms with E-state index in [1.807, 2.05) is 60.8 Å². The molecule has 136 valence electrons. The molecule has 2 amide bonds. The van der Waals surface area contributed by atoms with Crippen molar-refractivity contribution in [2.45, 2.75) is 12.3 Å². The van der Waals surface area contributed by atoms with Crippen LogP contribution in [-0.2, 0) is 9.59 Å². The van der Waals surface area contributed by atoms with Crippen LogP contribution < -0.4 is 5.43 Å². The SMILES string of the molecule is O=C(CN1C[C@H](c2ccccc2)CC1=O)N/N=C\c1c[nH]c2ccccc12. The maximum atomic E-state index is 12.2. The highest BCUT2D eigenvalue weighted by Gasteiger charge is 2.31. The number of carbonyl (C=O) groups excluding carboxylic acids is 2. The number of nitrogens with one attached hydrogen (secondary N) is 2. The van der Waals surface area contributed by atoms with Gasteiger partial charge in [0.25, 0.3) is 5.91 Å². The fourth-order valence-corrected chi connectivity index (χ4v) is 3.46. The van der Waals surface area contributed by atoms with Crippen LogP contribution in [0.15, 0.2) is 65.9 Å². The molecule has 0 unspecified atom stereocenters. The summed E-state index contributed by atoms with van der Waals surface area (Å²) in [5.41, 5.74) is 5.55. The van der Waals surface area contributed by atoms with Gasteiger partial charge in [-0.25, -0.2) is 5.43 Å². The first-order valence-electron chi connectivity index (χ1n) is 8.91. The van der Waals surface area contributed by atoms with Gasteiger partial charge < -0.3 is 9.88 Å². The maximum Gasteiger partial charge on any atom is 0.259 e. The molecule has 6 heteroatoms. The summed E-state index contributed by atoms with van der Waals surface area (Å²) in [6.07, 6.45) is 3.89. The van der Waals surface area contributed by atoms with E-state index in [1.165, 1.54) is 0 Å². The molecule has 1 atom stereocenters. The quantitative estimate of drug-likeness (QED) is 0.542. The van der Waals surface area contributed by atoms with Gasteiger partial charge in [-0.3, -0.25) is 9.59 Å². The molecule has 27 heavy (non-hydrogen) atoms. The third kappa shape index (κ3) is 3.74. The van der Waals surface area contributed by atoms with Crippen molar-refractivity contribution in [3.63, 3.8) is 0 Å². The van der Waals surface area contributed by atoms with Crippen molar-refractivity contribution in [2.75, 3.05) is 13.1 Å². The van der Waals surface area contributed by atoms with Crippen LogP contribution in [0.3, 0.4) is 0 Å². The molecule has 6 nitrogen and oxygen atoms in total. The van der Waals surface area contributed by atoms with Crippen molar-refractivity contribution in [3.05, 3.63) is 71.9 Å². The minimum atomic E-state index is -0.298. The first kappa shape index (κ1) is 17.0. The fourth-order valence-electron chi connectivity index (χ4n) is 3.46. The minimum absolute atomic E-state index is 0.000360. The van der Waals surface area contributed by atoms with Gasteiger partial charge in [0.2, 0.25) is 5.91 Å². The standard InChI is InChI=1S/C21H20N4O2/c26-20(24-23-12-17-11-22-19-9-5-4-8-18(17)19)14-25-13-16(10-21(25)27)15-6-2-1-3-7-15/h1-9,11-12,16,22H,10,13-14H2,(H,24,26)/b23-12-/t16-/m1/s1. The molecule has 1 saturated heterocycles. The lowest BCUT2D eigenvalue weighted by molar-refractivity contribution is -0.133. The van der Waals surface area contributed by atoms with Gasteiger partial charge in [0.15, 0.2) is 0 Å². The van der Waals surface area contributed by atoms with E-state index in [0.29, 0.717) is 13.0 Å². The van der Waals surface area contributed by atoms with Crippen LogP contribution in [0.4, 0.5) is 0 Å². The summed E-state index contributed by atoms with van der Waals surface area (Å²) in [6.45, 7) is 0.579. The maximum absolute atomic E-state index is 12.2. The van der Waals surface area contributed by atoms with Gasteiger partial charge in [0.1, 0.15) is 6.54 Å². The lowest BCUT2D eigenvalue weighted by atomic mass is 9.99. The number of fused-ring (bicyclic) bond motifs is 1. The third-order valence-corrected chi connectivity index (χ3v) is 4.83. The smallest absolute Gasteiger partial charge is 0.259 e. The zero-order chi connectivity index (χ0) is 18.6. The predicted octanol–water partition coefficient (Wildman–Crippen LogP) is 2.63. The summed E-state index contributed by atoms with van der Waals surface area (Å²) >= 11 is 0. The summed E-state index contributed by atoms with van der Waals surface area (Å²) in [6, 6.07) is 17.8. The van der Waals surface area contributed by atoms with Crippen LogP contribution in [0.5, 0.6) is 0 Å². The zero-order valence-electron chi connectivity index (χ0n) is 14.8. The number of carbonyl (C=O) groups is 2. The molecule has 0 saturated carbocycles. The summed E-state index contributed by atoms with van der Waals surface area (Å²) in [5.74, 6) is -0.158. The van der Waals surface area contributed by atoms with E-state index in [1.54, 1.807) is 11.1 Å². The number of hydrogen-bond acceptors (Lipinski definition) is 3. The van der Waals surface area contributed by atoms with Gasteiger partial charge in [0.05, 0.1) is 6.21 Å². The number of rotatable bonds is 5. The highest BCUT2D eigenvalue weighted by Crippen LogP contribution is 2.27. The predicted molar refractivity (Wildman–Crippen MR) is 104 cm³/mol. The highest BCUT2D eigenvalue weighted by molar-refractivity contribution is 5.99. The molecule has 4 rings (SSSR count). The Morgan fingerprint density at radius 3 is 2.81 bits per heavy atom. The van der Waals surface area contributed by atoms with Crippen molar-refractivity contribution in [1.29, 1.82) is 0 Å². The van der Waals surface area contributed by atoms with E-state index < -0.39 is 0 Å². The molecular formula is C21H20N4O2. The lowest BCUT2D eigenvalue weighted by Gasteiger charge is -2.15. The third-order valence-electron chi connectivity index (χ3n) is 4.83. The summed E-state index contributed by atoms with van der Waals surface area (Å²) in [5, 5.41) is 5.06. The Hall–Kier alpha value is -3.41. The molecule has 1 aromatic heterocycles. The van der Waals surface area contributed by atoms with E-state index >= 15 is 0 Å². The molecule has 1 fully saturated rings. The average Bonchev–Trinajstić information content (AvgIpc) is 3.27. The summed E-state index contributed by atoms with van der Waals surface area (Å²) in [7, 11) is 0. The lowest BCUT2D eigenvalue weighted by Crippen LogP contribution is -2.36. The Kier molecular flexibility index (Phi) is 4.70. The van der Waals surface area contributed by atoms with Crippen LogP contribution in [0.1, 0.15) is 23.5 Å². The van der Waals surface area contributed by atoms with Crippen LogP contribution in [0.2, 0.25) is 0 Å². The Bertz CT molecular complexity index is 994. The molecule has 2 N–H and O–H groups in total. The second-order valence-corrected chi connectivity index (χ2v) is 6.67. The Morgan fingerprint density at radius 1 is 1.19 bits per heavy atom. The number of nitrogens with zero attached hydrogens (tertiary/aromatic N) is 2. The normalized spacial score (nSPS) is 17.1. The van der Waals surface area contributed by atoms with Crippen molar-refractivity contribution < 1.29 is 9.59 Å². The monoisotopic (exact) mass is 360 g/mol. The first-order valence-corrected chi connectivity index (χ1v) is 8.91. The molecule has 0 aliphatic carbocycles. The van der Waals surface area contributed by atoms with Gasteiger partial charge >= 0.3 is 0 Å². The molecule has 1 aliphatic rings. The zero-order valence-corrected chi connectivity index (χ0v) is 14.8. The van der Waals surface area contributed by atoms with Crippen LogP contribution in [0.25, 0.3) is 10.9 Å². The Balaban J connectivity index is 1.33. The molecule has 0 spiro atoms. The van der Waals surface area contributed by atoms with Crippen LogP contribution in [-0.4, -0.2) is 41.0 Å². The van der Waals surface area contributed by atoms with Crippen molar-refractivity contribution >= 4 is 28.9 Å². The van der Waals surface area contributed by atoms with E-state index in [4.69, 9.17) is 0 Å². The van der Waals surface area contributed by atoms with Gasteiger partial charge in [0, 0.05) is 41.5 Å². The summed E-state index contributed by atoms with van der Waals surface area (Å²) in [4.78, 5) is 29.1. The second-order valence-electron chi connectivity index (χ2n) is 6.67. The van der Waals surface area contributed by atoms with Crippen molar-refractivity contribution in [2.24, 2.45) is 5.10 Å². The van der Waals surface area contributed by atoms with Gasteiger partial charge in [-0.2, -0.15) is 5.10 Å². The highest BCUT2D eigenvalue weighted by atomic mass is 16.2. The molecule has 2 aromatic carbocycles. The number of aromatic amines is 1. The number of aromatic nitrogens is 1. The average molecular weight is 360 g/mol. The number of likely N-dealkylation sites (tertiary alicyclic amines) is 1. The van der Waals surface area contributed by atoms with Gasteiger partial charge in [-0.1, -0.05) is 48.5 Å². The number of hydrogen-bond donors (Lipinski definition) is 2. The number of H-pyrrole nitrogens is 1. The molecule has 2 heterocycles. The largest absolute Gasteiger partial charge is 0.361 e. The second kappa shape index (κ2) is 7.45. The van der Waals surface area contributed by atoms with Crippen molar-refractivity contribution in [1.82, 2.24) is 15.3 Å². The number of benzene rings is 2. The molecular weight excluding hydrogens is 340 g/mol. The van der Waals surface area contributed by atoms with E-state index in [9.17, 15) is 9.59 Å². The topological polar surface area (TPSA) is 77.6 Å². The summed E-state index contributed by atoms with van der Waals surface area (Å²) < 4.78 is 0. The van der Waals surface area contributed by atoms with Gasteiger partial charge in [-0.15, -0.1) is 0 Å². The fraction of sp³-hybridized carbons (Fsp3) is 0.190. The molecule has 3 aromatic rings. The van der Waals surface area contributed by atoms with Crippen LogP contribution in [0, 0.1) is 0 Å². The number of hydrazone groups is 1. The first-order chi connectivity index (χ1) is 13.2. The van der Waals surface area contributed by atoms with Crippen LogP contribution >= 0.6 is 0 Å². The molecule has 1 aliphatic heterocycles. The van der Waals surface area contributed by atoms with E-state index in [0.717, 1.165) is 22.0 Å². The van der Waals surface area contributed by atoms with Crippen molar-refractivity contribution in [3.8, 4) is 0 Å². The van der Waals surface area contributed by atoms with E-state index in [-0.39, 0.29) is 24.3 Å². The molecule has 0 radical (unpaired) electrons. The van der Waals surface area contributed by atoms with Gasteiger partial charge in [-0.05, 0) is 11.6 Å². The molecule has 0 bridgehead atoms. The minimum Gasteiger partial charge on any atom is -0.361 e. The Labute approximate surface area is 156 Å². The Morgan fingerprint density at radius 2 is 1.96 bits per heavy atom. The number of para-hydroxylation sites is 1.